The monoisotopic (exact) mass is 283 g/mol. The molecule has 114 valence electrons. The molecule has 2 aliphatic heterocycles. The van der Waals surface area contributed by atoms with Crippen molar-refractivity contribution in [3.63, 3.8) is 0 Å². The molecule has 2 bridgehead atoms. The van der Waals surface area contributed by atoms with Crippen LogP contribution in [0.15, 0.2) is 36.5 Å². The Morgan fingerprint density at radius 2 is 1.57 bits per heavy atom. The molecule has 0 radical (unpaired) electrons. The van der Waals surface area contributed by atoms with Gasteiger partial charge in [-0.3, -0.25) is 0 Å². The zero-order valence-corrected chi connectivity index (χ0v) is 14.0. The quantitative estimate of drug-likeness (QED) is 0.718. The molecule has 1 aromatic carbocycles. The van der Waals surface area contributed by atoms with Gasteiger partial charge in [-0.15, -0.1) is 0 Å². The molecule has 0 aliphatic carbocycles. The van der Waals surface area contributed by atoms with Gasteiger partial charge in [-0.2, -0.15) is 0 Å². The summed E-state index contributed by atoms with van der Waals surface area (Å²) in [5.74, 6) is 0.743. The summed E-state index contributed by atoms with van der Waals surface area (Å²) in [5, 5.41) is 0. The van der Waals surface area contributed by atoms with Gasteiger partial charge in [0.15, 0.2) is 0 Å². The van der Waals surface area contributed by atoms with Crippen molar-refractivity contribution in [3.8, 4) is 0 Å². The maximum atomic E-state index is 4.18. The van der Waals surface area contributed by atoms with E-state index in [1.54, 1.807) is 5.56 Å². The summed E-state index contributed by atoms with van der Waals surface area (Å²) in [6.07, 6.45) is 5.32. The van der Waals surface area contributed by atoms with E-state index in [0.29, 0.717) is 0 Å². The van der Waals surface area contributed by atoms with Crippen LogP contribution in [0.2, 0.25) is 0 Å². The number of benzene rings is 1. The molecular weight excluding hydrogens is 254 g/mol. The van der Waals surface area contributed by atoms with Gasteiger partial charge in [-0.1, -0.05) is 51.6 Å². The van der Waals surface area contributed by atoms with Crippen LogP contribution in [0, 0.1) is 0 Å². The molecule has 1 aromatic rings. The standard InChI is InChI=1S/C20H29N/c1-14(2)21-18-10-11-19(21)13-16(12-18)15-6-8-17(9-7-15)20(3,4)5/h6-9,16,18-19H,1,10-13H2,2-5H3. The third-order valence-corrected chi connectivity index (χ3v) is 5.42. The highest BCUT2D eigenvalue weighted by Gasteiger charge is 2.40. The molecule has 2 atom stereocenters. The van der Waals surface area contributed by atoms with Crippen molar-refractivity contribution < 1.29 is 0 Å². The Hall–Kier alpha value is -1.24. The molecule has 2 saturated heterocycles. The van der Waals surface area contributed by atoms with Crippen LogP contribution in [0.4, 0.5) is 0 Å². The highest BCUT2D eigenvalue weighted by Crippen LogP contribution is 2.44. The average molecular weight is 283 g/mol. The Balaban J connectivity index is 1.76. The lowest BCUT2D eigenvalue weighted by molar-refractivity contribution is 0.171. The van der Waals surface area contributed by atoms with Crippen molar-refractivity contribution >= 4 is 0 Å². The van der Waals surface area contributed by atoms with E-state index in [-0.39, 0.29) is 5.41 Å². The first-order valence-electron chi connectivity index (χ1n) is 8.40. The molecule has 0 saturated carbocycles. The summed E-state index contributed by atoms with van der Waals surface area (Å²) in [6.45, 7) is 13.2. The van der Waals surface area contributed by atoms with Gasteiger partial charge in [0.05, 0.1) is 0 Å². The molecule has 0 spiro atoms. The Labute approximate surface area is 130 Å². The van der Waals surface area contributed by atoms with Gasteiger partial charge in [0, 0.05) is 17.8 Å². The minimum Gasteiger partial charge on any atom is -0.370 e. The van der Waals surface area contributed by atoms with Crippen molar-refractivity contribution in [3.05, 3.63) is 47.7 Å². The Morgan fingerprint density at radius 3 is 2.00 bits per heavy atom. The summed E-state index contributed by atoms with van der Waals surface area (Å²) in [7, 11) is 0. The number of piperidine rings is 1. The van der Waals surface area contributed by atoms with Gasteiger partial charge in [0.25, 0.3) is 0 Å². The lowest BCUT2D eigenvalue weighted by atomic mass is 9.82. The highest BCUT2D eigenvalue weighted by molar-refractivity contribution is 5.30. The van der Waals surface area contributed by atoms with Crippen LogP contribution >= 0.6 is 0 Å². The smallest absolute Gasteiger partial charge is 0.0296 e. The van der Waals surface area contributed by atoms with Gasteiger partial charge in [-0.05, 0) is 55.1 Å². The fourth-order valence-corrected chi connectivity index (χ4v) is 4.33. The number of hydrogen-bond donors (Lipinski definition) is 0. The first-order valence-corrected chi connectivity index (χ1v) is 8.40. The van der Waals surface area contributed by atoms with E-state index in [1.807, 2.05) is 0 Å². The summed E-state index contributed by atoms with van der Waals surface area (Å²) >= 11 is 0. The molecule has 1 heteroatoms. The molecule has 0 N–H and O–H groups in total. The van der Waals surface area contributed by atoms with E-state index in [1.165, 1.54) is 36.9 Å². The molecule has 1 nitrogen and oxygen atoms in total. The lowest BCUT2D eigenvalue weighted by Gasteiger charge is -2.41. The topological polar surface area (TPSA) is 3.24 Å². The van der Waals surface area contributed by atoms with Crippen molar-refractivity contribution in [1.29, 1.82) is 0 Å². The number of allylic oxidation sites excluding steroid dienone is 1. The third kappa shape index (κ3) is 2.75. The van der Waals surface area contributed by atoms with Crippen molar-refractivity contribution in [2.45, 2.75) is 76.8 Å². The van der Waals surface area contributed by atoms with Crippen LogP contribution in [-0.2, 0) is 5.41 Å². The maximum Gasteiger partial charge on any atom is 0.0296 e. The van der Waals surface area contributed by atoms with Crippen LogP contribution in [0.1, 0.15) is 70.4 Å². The molecule has 2 fully saturated rings. The molecule has 0 aromatic heterocycles. The van der Waals surface area contributed by atoms with E-state index in [9.17, 15) is 0 Å². The average Bonchev–Trinajstić information content (AvgIpc) is 2.69. The minimum atomic E-state index is 0.251. The zero-order valence-electron chi connectivity index (χ0n) is 14.0. The molecule has 21 heavy (non-hydrogen) atoms. The third-order valence-electron chi connectivity index (χ3n) is 5.42. The maximum absolute atomic E-state index is 4.18. The van der Waals surface area contributed by atoms with Gasteiger partial charge < -0.3 is 4.90 Å². The van der Waals surface area contributed by atoms with Crippen LogP contribution in [-0.4, -0.2) is 17.0 Å². The lowest BCUT2D eigenvalue weighted by Crippen LogP contribution is -2.40. The summed E-state index contributed by atoms with van der Waals surface area (Å²) in [4.78, 5) is 2.60. The number of rotatable bonds is 2. The molecule has 2 unspecified atom stereocenters. The van der Waals surface area contributed by atoms with E-state index in [4.69, 9.17) is 0 Å². The van der Waals surface area contributed by atoms with Crippen molar-refractivity contribution in [2.75, 3.05) is 0 Å². The molecule has 0 amide bonds. The van der Waals surface area contributed by atoms with E-state index >= 15 is 0 Å². The number of hydrogen-bond acceptors (Lipinski definition) is 1. The molecular formula is C20H29N. The fraction of sp³-hybridized carbons (Fsp3) is 0.600. The molecule has 2 aliphatic rings. The van der Waals surface area contributed by atoms with Crippen molar-refractivity contribution in [2.24, 2.45) is 0 Å². The first kappa shape index (κ1) is 14.7. The second-order valence-corrected chi connectivity index (χ2v) is 8.07. The SMILES string of the molecule is C=C(C)N1C2CCC1CC(c1ccc(C(C)(C)C)cc1)C2. The number of nitrogens with zero attached hydrogens (tertiary/aromatic N) is 1. The first-order chi connectivity index (χ1) is 9.86. The van der Waals surface area contributed by atoms with Crippen LogP contribution in [0.25, 0.3) is 0 Å². The molecule has 3 rings (SSSR count). The molecule has 2 heterocycles. The van der Waals surface area contributed by atoms with E-state index < -0.39 is 0 Å². The van der Waals surface area contributed by atoms with E-state index in [0.717, 1.165) is 18.0 Å². The summed E-state index contributed by atoms with van der Waals surface area (Å²) in [5.41, 5.74) is 4.50. The second-order valence-electron chi connectivity index (χ2n) is 8.07. The van der Waals surface area contributed by atoms with E-state index in [2.05, 4.69) is 63.4 Å². The predicted octanol–water partition coefficient (Wildman–Crippen LogP) is 5.23. The highest BCUT2D eigenvalue weighted by atomic mass is 15.2. The van der Waals surface area contributed by atoms with Crippen LogP contribution in [0.3, 0.4) is 0 Å². The largest absolute Gasteiger partial charge is 0.370 e. The van der Waals surface area contributed by atoms with Crippen LogP contribution < -0.4 is 0 Å². The Morgan fingerprint density at radius 1 is 1.05 bits per heavy atom. The van der Waals surface area contributed by atoms with Gasteiger partial charge >= 0.3 is 0 Å². The summed E-state index contributed by atoms with van der Waals surface area (Å²) < 4.78 is 0. The Bertz CT molecular complexity index is 506. The zero-order chi connectivity index (χ0) is 15.2. The fourth-order valence-electron chi connectivity index (χ4n) is 4.33. The minimum absolute atomic E-state index is 0.251. The summed E-state index contributed by atoms with van der Waals surface area (Å²) in [6, 6.07) is 10.9. The second kappa shape index (κ2) is 5.19. The Kier molecular flexibility index (Phi) is 3.63. The predicted molar refractivity (Wildman–Crippen MR) is 90.6 cm³/mol. The van der Waals surface area contributed by atoms with Gasteiger partial charge in [-0.25, -0.2) is 0 Å². The number of fused-ring (bicyclic) bond motifs is 2. The van der Waals surface area contributed by atoms with Gasteiger partial charge in [0.2, 0.25) is 0 Å². The van der Waals surface area contributed by atoms with Crippen LogP contribution in [0.5, 0.6) is 0 Å². The normalized spacial score (nSPS) is 28.8. The van der Waals surface area contributed by atoms with Crippen molar-refractivity contribution in [1.82, 2.24) is 4.90 Å². The van der Waals surface area contributed by atoms with Gasteiger partial charge in [0.1, 0.15) is 0 Å².